The minimum absolute atomic E-state index is 0. The summed E-state index contributed by atoms with van der Waals surface area (Å²) in [5, 5.41) is 19.2. The molecule has 0 aliphatic rings. The number of nitrogens with one attached hydrogen (secondary N) is 2. The van der Waals surface area contributed by atoms with E-state index >= 15 is 0 Å². The topological polar surface area (TPSA) is 69.5 Å². The van der Waals surface area contributed by atoms with Gasteiger partial charge in [0.05, 0.1) is 10.7 Å². The molecule has 1 aromatic heterocycles. The summed E-state index contributed by atoms with van der Waals surface area (Å²) in [6, 6.07) is 0. The maximum Gasteiger partial charge on any atom is 0.191 e. The number of guanidine groups is 1. The van der Waals surface area contributed by atoms with Crippen LogP contribution in [0.3, 0.4) is 0 Å². The van der Waals surface area contributed by atoms with Crippen molar-refractivity contribution in [2.24, 2.45) is 16.8 Å². The maximum atomic E-state index is 9.22. The average molecular weight is 482 g/mol. The molecule has 0 spiro atoms. The molecule has 1 unspecified atom stereocenters. The smallest absolute Gasteiger partial charge is 0.191 e. The second-order valence-corrected chi connectivity index (χ2v) is 7.43. The van der Waals surface area contributed by atoms with E-state index in [1.54, 1.807) is 11.3 Å². The van der Waals surface area contributed by atoms with Crippen LogP contribution in [-0.4, -0.2) is 42.3 Å². The fraction of sp³-hybridized carbons (Fsp3) is 0.778. The van der Waals surface area contributed by atoms with Gasteiger partial charge in [0.2, 0.25) is 0 Å². The predicted molar refractivity (Wildman–Crippen MR) is 119 cm³/mol. The van der Waals surface area contributed by atoms with E-state index in [0.717, 1.165) is 57.0 Å². The van der Waals surface area contributed by atoms with E-state index in [2.05, 4.69) is 48.7 Å². The molecule has 25 heavy (non-hydrogen) atoms. The lowest BCUT2D eigenvalue weighted by atomic mass is 9.94. The van der Waals surface area contributed by atoms with Gasteiger partial charge < -0.3 is 15.7 Å². The second kappa shape index (κ2) is 14.7. The van der Waals surface area contributed by atoms with Gasteiger partial charge in [0.1, 0.15) is 0 Å². The summed E-state index contributed by atoms with van der Waals surface area (Å²) in [5.74, 6) is 1.93. The molecule has 0 saturated carbocycles. The van der Waals surface area contributed by atoms with E-state index < -0.39 is 0 Å². The zero-order valence-corrected chi connectivity index (χ0v) is 19.2. The van der Waals surface area contributed by atoms with Gasteiger partial charge in [-0.1, -0.05) is 20.8 Å². The van der Waals surface area contributed by atoms with Gasteiger partial charge in [-0.25, -0.2) is 4.98 Å². The first-order valence-electron chi connectivity index (χ1n) is 9.15. The molecule has 0 aliphatic heterocycles. The van der Waals surface area contributed by atoms with E-state index in [9.17, 15) is 5.11 Å². The molecule has 0 saturated heterocycles. The minimum atomic E-state index is 0. The molecular formula is C18H35IN4OS. The molecule has 7 heteroatoms. The second-order valence-electron chi connectivity index (χ2n) is 6.49. The Balaban J connectivity index is 0.00000576. The molecule has 0 bridgehead atoms. The monoisotopic (exact) mass is 482 g/mol. The zero-order chi connectivity index (χ0) is 17.8. The highest BCUT2D eigenvalue weighted by molar-refractivity contribution is 14.0. The summed E-state index contributed by atoms with van der Waals surface area (Å²) >= 11 is 1.74. The van der Waals surface area contributed by atoms with E-state index in [4.69, 9.17) is 4.99 Å². The van der Waals surface area contributed by atoms with Crippen LogP contribution in [-0.2, 0) is 12.8 Å². The first-order valence-corrected chi connectivity index (χ1v) is 10.0. The Morgan fingerprint density at radius 3 is 2.64 bits per heavy atom. The van der Waals surface area contributed by atoms with E-state index in [1.165, 1.54) is 5.01 Å². The molecule has 146 valence electrons. The molecule has 0 fully saturated rings. The van der Waals surface area contributed by atoms with Crippen LogP contribution in [0.25, 0.3) is 0 Å². The highest BCUT2D eigenvalue weighted by Crippen LogP contribution is 2.15. The summed E-state index contributed by atoms with van der Waals surface area (Å²) in [6.07, 6.45) is 3.83. The number of hydrogen-bond acceptors (Lipinski definition) is 4. The number of rotatable bonds is 11. The third kappa shape index (κ3) is 11.0. The molecule has 1 aromatic rings. The Kier molecular flexibility index (Phi) is 14.5. The number of hydrogen-bond donors (Lipinski definition) is 3. The number of aryl methyl sites for hydroxylation is 1. The fourth-order valence-corrected chi connectivity index (χ4v) is 3.41. The number of aliphatic imine (C=N–C) groups is 1. The molecule has 0 aliphatic carbocycles. The van der Waals surface area contributed by atoms with Crippen LogP contribution in [0.1, 0.15) is 51.2 Å². The van der Waals surface area contributed by atoms with Crippen molar-refractivity contribution in [3.8, 4) is 0 Å². The van der Waals surface area contributed by atoms with Gasteiger partial charge in [0, 0.05) is 38.0 Å². The van der Waals surface area contributed by atoms with Gasteiger partial charge in [-0.3, -0.25) is 4.99 Å². The van der Waals surface area contributed by atoms with E-state index in [0.29, 0.717) is 11.8 Å². The molecule has 1 heterocycles. The van der Waals surface area contributed by atoms with Gasteiger partial charge in [0.25, 0.3) is 0 Å². The van der Waals surface area contributed by atoms with E-state index in [-0.39, 0.29) is 30.6 Å². The van der Waals surface area contributed by atoms with Crippen molar-refractivity contribution in [2.45, 2.75) is 53.4 Å². The van der Waals surface area contributed by atoms with Gasteiger partial charge in [-0.2, -0.15) is 0 Å². The Morgan fingerprint density at radius 1 is 1.32 bits per heavy atom. The standard InChI is InChI=1S/C18H34N4OS.HI/c1-5-17-22-16(13-24-17)7-9-20-18(19-6-2)21-12-15(8-10-23)11-14(3)4;/h13-15,23H,5-12H2,1-4H3,(H2,19,20,21);1H. The number of nitrogens with zero attached hydrogens (tertiary/aromatic N) is 2. The summed E-state index contributed by atoms with van der Waals surface area (Å²) in [5.41, 5.74) is 1.15. The van der Waals surface area contributed by atoms with Gasteiger partial charge in [-0.15, -0.1) is 35.3 Å². The van der Waals surface area contributed by atoms with Gasteiger partial charge >= 0.3 is 0 Å². The van der Waals surface area contributed by atoms with Crippen molar-refractivity contribution >= 4 is 41.3 Å². The SMILES string of the molecule is CCNC(=NCC(CCO)CC(C)C)NCCc1csc(CC)n1.I. The lowest BCUT2D eigenvalue weighted by molar-refractivity contribution is 0.245. The molecule has 1 atom stereocenters. The Hall–Kier alpha value is -0.410. The number of thiazole rings is 1. The normalized spacial score (nSPS) is 12.8. The van der Waals surface area contributed by atoms with Crippen molar-refractivity contribution in [2.75, 3.05) is 26.2 Å². The molecular weight excluding hydrogens is 447 g/mol. The Bertz CT molecular complexity index is 479. The lowest BCUT2D eigenvalue weighted by Gasteiger charge is -2.17. The van der Waals surface area contributed by atoms with Crippen molar-refractivity contribution in [1.29, 1.82) is 0 Å². The Morgan fingerprint density at radius 2 is 2.08 bits per heavy atom. The summed E-state index contributed by atoms with van der Waals surface area (Å²) in [4.78, 5) is 9.30. The Labute approximate surface area is 174 Å². The first-order chi connectivity index (χ1) is 11.6. The fourth-order valence-electron chi connectivity index (χ4n) is 2.63. The van der Waals surface area contributed by atoms with Crippen LogP contribution in [0.4, 0.5) is 0 Å². The van der Waals surface area contributed by atoms with Gasteiger partial charge in [0.15, 0.2) is 5.96 Å². The predicted octanol–water partition coefficient (Wildman–Crippen LogP) is 3.47. The van der Waals surface area contributed by atoms with Crippen LogP contribution >= 0.6 is 35.3 Å². The summed E-state index contributed by atoms with van der Waals surface area (Å²) in [6.45, 7) is 11.3. The molecule has 0 amide bonds. The summed E-state index contributed by atoms with van der Waals surface area (Å²) < 4.78 is 0. The highest BCUT2D eigenvalue weighted by atomic mass is 127. The third-order valence-corrected chi connectivity index (χ3v) is 4.81. The van der Waals surface area contributed by atoms with Crippen LogP contribution in [0.15, 0.2) is 10.4 Å². The van der Waals surface area contributed by atoms with Crippen LogP contribution < -0.4 is 10.6 Å². The van der Waals surface area contributed by atoms with Crippen LogP contribution in [0, 0.1) is 11.8 Å². The van der Waals surface area contributed by atoms with Crippen molar-refractivity contribution < 1.29 is 5.11 Å². The van der Waals surface area contributed by atoms with Crippen molar-refractivity contribution in [3.05, 3.63) is 16.1 Å². The quantitative estimate of drug-likeness (QED) is 0.257. The maximum absolute atomic E-state index is 9.22. The molecule has 0 radical (unpaired) electrons. The number of aromatic nitrogens is 1. The third-order valence-electron chi connectivity index (χ3n) is 3.77. The van der Waals surface area contributed by atoms with Crippen LogP contribution in [0.5, 0.6) is 0 Å². The molecule has 1 rings (SSSR count). The summed E-state index contributed by atoms with van der Waals surface area (Å²) in [7, 11) is 0. The number of halogens is 1. The molecule has 3 N–H and O–H groups in total. The largest absolute Gasteiger partial charge is 0.396 e. The van der Waals surface area contributed by atoms with Gasteiger partial charge in [-0.05, 0) is 38.0 Å². The number of aliphatic hydroxyl groups excluding tert-OH is 1. The molecule has 0 aromatic carbocycles. The number of aliphatic hydroxyl groups is 1. The zero-order valence-electron chi connectivity index (χ0n) is 16.0. The highest BCUT2D eigenvalue weighted by Gasteiger charge is 2.10. The molecule has 5 nitrogen and oxygen atoms in total. The van der Waals surface area contributed by atoms with Crippen molar-refractivity contribution in [1.82, 2.24) is 15.6 Å². The van der Waals surface area contributed by atoms with Crippen molar-refractivity contribution in [3.63, 3.8) is 0 Å². The van der Waals surface area contributed by atoms with E-state index in [1.807, 2.05) is 0 Å². The average Bonchev–Trinajstić information content (AvgIpc) is 3.00. The van der Waals surface area contributed by atoms with Crippen LogP contribution in [0.2, 0.25) is 0 Å². The minimum Gasteiger partial charge on any atom is -0.396 e. The first kappa shape index (κ1) is 24.6. The lowest BCUT2D eigenvalue weighted by Crippen LogP contribution is -2.38.